The van der Waals surface area contributed by atoms with Crippen molar-refractivity contribution in [2.75, 3.05) is 19.0 Å². The van der Waals surface area contributed by atoms with Crippen LogP contribution in [0.25, 0.3) is 0 Å². The number of hydrogen-bond acceptors (Lipinski definition) is 9. The van der Waals surface area contributed by atoms with Crippen molar-refractivity contribution in [3.8, 4) is 0 Å². The highest BCUT2D eigenvalue weighted by Crippen LogP contribution is 2.72. The number of ether oxygens (including phenoxy) is 2. The second-order valence-corrected chi connectivity index (χ2v) is 16.2. The minimum absolute atomic E-state index is 0.00817. The van der Waals surface area contributed by atoms with Crippen LogP contribution in [-0.2, 0) is 35.3 Å². The quantitative estimate of drug-likeness (QED) is 0.394. The van der Waals surface area contributed by atoms with E-state index in [1.54, 1.807) is 38.2 Å². The Kier molecular flexibility index (Phi) is 7.69. The number of alkyl halides is 2. The molecule has 0 bridgehead atoms. The van der Waals surface area contributed by atoms with E-state index in [0.717, 1.165) is 11.8 Å². The van der Waals surface area contributed by atoms with E-state index in [2.05, 4.69) is 5.32 Å². The first-order valence-electron chi connectivity index (χ1n) is 16.2. The van der Waals surface area contributed by atoms with Crippen LogP contribution >= 0.6 is 0 Å². The fraction of sp³-hybridized carbons (Fsp3) is 0.500. The molecule has 1 aliphatic heterocycles. The van der Waals surface area contributed by atoms with Gasteiger partial charge in [0, 0.05) is 35.9 Å². The fourth-order valence-corrected chi connectivity index (χ4v) is 10.9. The molecule has 9 nitrogen and oxygen atoms in total. The predicted molar refractivity (Wildman–Crippen MR) is 170 cm³/mol. The maximum Gasteiger partial charge on any atom is 0.206 e. The number of hydrogen-bond donors (Lipinski definition) is 3. The number of aliphatic hydroxyl groups excluding tert-OH is 2. The summed E-state index contributed by atoms with van der Waals surface area (Å²) < 4.78 is 72.6. The molecular weight excluding hydrogens is 644 g/mol. The van der Waals surface area contributed by atoms with Crippen molar-refractivity contribution in [2.45, 2.75) is 85.3 Å². The van der Waals surface area contributed by atoms with Gasteiger partial charge in [0.2, 0.25) is 9.84 Å². The van der Waals surface area contributed by atoms with Crippen LogP contribution in [0.5, 0.6) is 0 Å². The minimum atomic E-state index is -3.77. The Labute approximate surface area is 277 Å². The number of ketones is 2. The monoisotopic (exact) mass is 683 g/mol. The first-order chi connectivity index (χ1) is 22.7. The Morgan fingerprint density at radius 3 is 2.31 bits per heavy atom. The van der Waals surface area contributed by atoms with Crippen LogP contribution in [0.2, 0.25) is 0 Å². The first-order valence-corrected chi connectivity index (χ1v) is 17.7. The van der Waals surface area contributed by atoms with E-state index in [0.29, 0.717) is 5.56 Å². The third-order valence-electron chi connectivity index (χ3n) is 12.1. The molecule has 2 aromatic rings. The lowest BCUT2D eigenvalue weighted by molar-refractivity contribution is -0.234. The summed E-state index contributed by atoms with van der Waals surface area (Å²) in [6, 6.07) is 12.7. The molecule has 0 unspecified atom stereocenters. The number of sulfone groups is 1. The van der Waals surface area contributed by atoms with Crippen molar-refractivity contribution in [3.05, 3.63) is 77.9 Å². The van der Waals surface area contributed by atoms with Gasteiger partial charge >= 0.3 is 0 Å². The molecule has 0 spiro atoms. The van der Waals surface area contributed by atoms with E-state index in [4.69, 9.17) is 9.47 Å². The van der Waals surface area contributed by atoms with Crippen molar-refractivity contribution >= 4 is 27.1 Å². The molecule has 1 heterocycles. The Morgan fingerprint density at radius 2 is 1.69 bits per heavy atom. The number of nitrogens with one attached hydrogen (secondary N) is 1. The number of Topliss-reactive ketones (excluding diaryl/α,β-unsaturated/α-hetero) is 1. The summed E-state index contributed by atoms with van der Waals surface area (Å²) in [5, 5.41) is 24.8. The maximum atomic E-state index is 17.6. The topological polar surface area (TPSA) is 139 Å². The summed E-state index contributed by atoms with van der Waals surface area (Å²) in [5.41, 5.74) is -5.41. The van der Waals surface area contributed by atoms with Gasteiger partial charge < -0.3 is 25.0 Å². The number of carbonyl (C=O) groups is 2. The van der Waals surface area contributed by atoms with E-state index < -0.39 is 86.6 Å². The van der Waals surface area contributed by atoms with E-state index in [-0.39, 0.29) is 41.0 Å². The third kappa shape index (κ3) is 4.35. The molecule has 4 fully saturated rings. The van der Waals surface area contributed by atoms with Crippen molar-refractivity contribution < 1.29 is 46.5 Å². The van der Waals surface area contributed by atoms with Crippen molar-refractivity contribution in [2.24, 2.45) is 22.7 Å². The summed E-state index contributed by atoms with van der Waals surface area (Å²) >= 11 is 0. The zero-order valence-corrected chi connectivity index (χ0v) is 27.7. The third-order valence-corrected chi connectivity index (χ3v) is 13.9. The molecule has 1 saturated heterocycles. The second-order valence-electron chi connectivity index (χ2n) is 14.2. The molecule has 0 amide bonds. The number of anilines is 1. The highest BCUT2D eigenvalue weighted by atomic mass is 32.2. The molecule has 3 saturated carbocycles. The normalized spacial score (nSPS) is 40.0. The predicted octanol–water partition coefficient (Wildman–Crippen LogP) is 4.07. The number of carbonyl (C=O) groups excluding carboxylic acids is 2. The van der Waals surface area contributed by atoms with E-state index in [1.165, 1.54) is 43.3 Å². The molecule has 256 valence electrons. The fourth-order valence-electron chi connectivity index (χ4n) is 9.66. The van der Waals surface area contributed by atoms with Crippen LogP contribution < -0.4 is 5.32 Å². The molecular formula is C36H39F2NO8S. The molecule has 4 aliphatic carbocycles. The molecule has 48 heavy (non-hydrogen) atoms. The van der Waals surface area contributed by atoms with Crippen molar-refractivity contribution in [3.63, 3.8) is 0 Å². The zero-order chi connectivity index (χ0) is 34.4. The Morgan fingerprint density at radius 1 is 1.04 bits per heavy atom. The zero-order valence-electron chi connectivity index (χ0n) is 26.9. The van der Waals surface area contributed by atoms with Crippen LogP contribution in [0.3, 0.4) is 0 Å². The van der Waals surface area contributed by atoms with Gasteiger partial charge in [-0.15, -0.1) is 0 Å². The summed E-state index contributed by atoms with van der Waals surface area (Å²) in [4.78, 5) is 26.1. The average Bonchev–Trinajstić information content (AvgIpc) is 3.55. The minimum Gasteiger partial charge on any atom is -0.390 e. The van der Waals surface area contributed by atoms with Gasteiger partial charge in [0.05, 0.1) is 22.0 Å². The molecule has 10 atom stereocenters. The van der Waals surface area contributed by atoms with Crippen LogP contribution in [0.15, 0.2) is 82.1 Å². The molecule has 12 heteroatoms. The SMILES string of the molecule is CNc1ccc(S(=O)(=O)c2ccc(C[C@@H]3O[C@@H]4C[C@H]5[C@@H]6C[C@H](F)C7=CC(=O)C=C[C@]7(C)[C@@]6(F)[C@@H](O)C[C@]5(C)[C@]4(C(=O)CO)O3)cc2)cc1. The molecule has 7 rings (SSSR count). The number of aliphatic hydroxyl groups is 2. The lowest BCUT2D eigenvalue weighted by Gasteiger charge is -2.63. The molecule has 5 aliphatic rings. The second kappa shape index (κ2) is 11.1. The van der Waals surface area contributed by atoms with Gasteiger partial charge in [-0.2, -0.15) is 0 Å². The van der Waals surface area contributed by atoms with Gasteiger partial charge in [-0.25, -0.2) is 17.2 Å². The van der Waals surface area contributed by atoms with Gasteiger partial charge in [-0.3, -0.25) is 9.59 Å². The van der Waals surface area contributed by atoms with Gasteiger partial charge in [-0.1, -0.05) is 25.1 Å². The van der Waals surface area contributed by atoms with E-state index in [1.807, 2.05) is 0 Å². The van der Waals surface area contributed by atoms with Crippen LogP contribution in [0, 0.1) is 22.7 Å². The standard InChI is InChI=1S/C36H39F2NO8S/c1-33-13-12-22(41)15-27(33)28(37)16-26-25-17-31-36(30(43)19-40,34(25,2)18-29(42)35(26,33)38)47-32(46-31)14-20-4-8-23(9-5-20)48(44,45)24-10-6-21(39-3)7-11-24/h4-13,15,25-26,28-29,31-32,39-40,42H,14,16-19H2,1-3H3/t25-,26-,28-,29-,31+,32+,33-,34-,35-,36+/m0/s1. The van der Waals surface area contributed by atoms with Crippen LogP contribution in [0.4, 0.5) is 14.5 Å². The first kappa shape index (κ1) is 33.2. The molecule has 2 aromatic carbocycles. The Balaban J connectivity index is 1.16. The molecule has 0 aromatic heterocycles. The smallest absolute Gasteiger partial charge is 0.206 e. The lowest BCUT2D eigenvalue weighted by Crippen LogP contribution is -2.71. The summed E-state index contributed by atoms with van der Waals surface area (Å²) in [6.45, 7) is 2.36. The van der Waals surface area contributed by atoms with E-state index >= 15 is 8.78 Å². The van der Waals surface area contributed by atoms with Crippen LogP contribution in [0.1, 0.15) is 38.7 Å². The highest BCUT2D eigenvalue weighted by Gasteiger charge is 2.80. The van der Waals surface area contributed by atoms with Crippen molar-refractivity contribution in [1.82, 2.24) is 0 Å². The van der Waals surface area contributed by atoms with Gasteiger partial charge in [0.1, 0.15) is 12.8 Å². The Bertz CT molecular complexity index is 1830. The number of fused-ring (bicyclic) bond motifs is 7. The van der Waals surface area contributed by atoms with E-state index in [9.17, 15) is 28.2 Å². The maximum absolute atomic E-state index is 17.6. The summed E-state index contributed by atoms with van der Waals surface area (Å²) in [7, 11) is -2.03. The molecule has 3 N–H and O–H groups in total. The van der Waals surface area contributed by atoms with Gasteiger partial charge in [0.15, 0.2) is 29.1 Å². The molecule has 0 radical (unpaired) electrons. The lowest BCUT2D eigenvalue weighted by atomic mass is 9.44. The summed E-state index contributed by atoms with van der Waals surface area (Å²) in [5.74, 6) is -2.79. The van der Waals surface area contributed by atoms with Crippen LogP contribution in [-0.4, -0.2) is 79.8 Å². The largest absolute Gasteiger partial charge is 0.390 e. The highest BCUT2D eigenvalue weighted by molar-refractivity contribution is 7.91. The number of benzene rings is 2. The number of halogens is 2. The number of allylic oxidation sites excluding steroid dienone is 4. The van der Waals surface area contributed by atoms with Gasteiger partial charge in [0.25, 0.3) is 0 Å². The Hall–Kier alpha value is -3.29. The average molecular weight is 684 g/mol. The van der Waals surface area contributed by atoms with Gasteiger partial charge in [-0.05, 0) is 91.8 Å². The van der Waals surface area contributed by atoms with Crippen molar-refractivity contribution in [1.29, 1.82) is 0 Å². The summed E-state index contributed by atoms with van der Waals surface area (Å²) in [6.07, 6.45) is -1.67. The number of rotatable bonds is 7.